The lowest BCUT2D eigenvalue weighted by molar-refractivity contribution is 0.0648. The Morgan fingerprint density at radius 1 is 1.24 bits per heavy atom. The van der Waals surface area contributed by atoms with E-state index in [0.29, 0.717) is 13.1 Å². The fourth-order valence-corrected chi connectivity index (χ4v) is 2.86. The van der Waals surface area contributed by atoms with Gasteiger partial charge in [0.1, 0.15) is 6.17 Å². The Bertz CT molecular complexity index is 333. The molecule has 0 N–H and O–H groups in total. The van der Waals surface area contributed by atoms with Gasteiger partial charge in [0.05, 0.1) is 0 Å². The van der Waals surface area contributed by atoms with Gasteiger partial charge in [-0.3, -0.25) is 4.90 Å². The molecule has 1 aromatic rings. The summed E-state index contributed by atoms with van der Waals surface area (Å²) >= 11 is 1.91. The van der Waals surface area contributed by atoms with Crippen molar-refractivity contribution in [2.75, 3.05) is 25.4 Å². The lowest BCUT2D eigenvalue weighted by Gasteiger charge is -2.34. The highest BCUT2D eigenvalue weighted by atomic mass is 32.2. The summed E-state index contributed by atoms with van der Waals surface area (Å²) in [6.07, 6.45) is 1.84. The standard InChI is InChI=1S/C14H20FNS/c1-12-4-6-14(7-5-12)17-9-3-2-8-16-10-13(15)11-16/h4-7,13H,2-3,8-11H2,1H3. The van der Waals surface area contributed by atoms with E-state index in [1.54, 1.807) is 0 Å². The SMILES string of the molecule is Cc1ccc(SCCCCN2CC(F)C2)cc1. The number of hydrogen-bond acceptors (Lipinski definition) is 2. The van der Waals surface area contributed by atoms with E-state index >= 15 is 0 Å². The van der Waals surface area contributed by atoms with Gasteiger partial charge in [-0.25, -0.2) is 4.39 Å². The van der Waals surface area contributed by atoms with E-state index in [1.165, 1.54) is 23.3 Å². The van der Waals surface area contributed by atoms with E-state index in [2.05, 4.69) is 36.1 Å². The lowest BCUT2D eigenvalue weighted by atomic mass is 10.2. The van der Waals surface area contributed by atoms with Gasteiger partial charge in [-0.1, -0.05) is 17.7 Å². The monoisotopic (exact) mass is 253 g/mol. The van der Waals surface area contributed by atoms with Gasteiger partial charge in [0.15, 0.2) is 0 Å². The highest BCUT2D eigenvalue weighted by Crippen LogP contribution is 2.20. The molecule has 1 heterocycles. The maximum atomic E-state index is 12.6. The van der Waals surface area contributed by atoms with Crippen molar-refractivity contribution in [2.45, 2.75) is 30.8 Å². The van der Waals surface area contributed by atoms with Gasteiger partial charge in [0.25, 0.3) is 0 Å². The fourth-order valence-electron chi connectivity index (χ4n) is 1.95. The first-order valence-corrected chi connectivity index (χ1v) is 7.28. The zero-order valence-corrected chi connectivity index (χ0v) is 11.2. The molecule has 0 atom stereocenters. The van der Waals surface area contributed by atoms with Crippen LogP contribution in [0.3, 0.4) is 0 Å². The second kappa shape index (κ2) is 6.41. The summed E-state index contributed by atoms with van der Waals surface area (Å²) < 4.78 is 12.6. The predicted octanol–water partition coefficient (Wildman–Crippen LogP) is 3.52. The molecule has 1 saturated heterocycles. The van der Waals surface area contributed by atoms with Crippen LogP contribution in [0.25, 0.3) is 0 Å². The van der Waals surface area contributed by atoms with Gasteiger partial charge >= 0.3 is 0 Å². The first-order chi connectivity index (χ1) is 8.24. The number of rotatable bonds is 6. The van der Waals surface area contributed by atoms with Gasteiger partial charge in [-0.2, -0.15) is 0 Å². The Morgan fingerprint density at radius 3 is 2.59 bits per heavy atom. The molecule has 0 aromatic heterocycles. The van der Waals surface area contributed by atoms with Crippen LogP contribution in [0.5, 0.6) is 0 Å². The minimum Gasteiger partial charge on any atom is -0.297 e. The van der Waals surface area contributed by atoms with E-state index in [0.717, 1.165) is 12.3 Å². The minimum atomic E-state index is -0.558. The number of halogens is 1. The Kier molecular flexibility index (Phi) is 4.86. The maximum absolute atomic E-state index is 12.6. The molecule has 0 unspecified atom stereocenters. The molecule has 94 valence electrons. The summed E-state index contributed by atoms with van der Waals surface area (Å²) in [5.74, 6) is 1.16. The lowest BCUT2D eigenvalue weighted by Crippen LogP contribution is -2.48. The molecular formula is C14H20FNS. The van der Waals surface area contributed by atoms with Crippen molar-refractivity contribution < 1.29 is 4.39 Å². The number of nitrogens with zero attached hydrogens (tertiary/aromatic N) is 1. The number of hydrogen-bond donors (Lipinski definition) is 0. The first-order valence-electron chi connectivity index (χ1n) is 6.30. The zero-order chi connectivity index (χ0) is 12.1. The summed E-state index contributed by atoms with van der Waals surface area (Å²) in [5.41, 5.74) is 1.31. The normalized spacial score (nSPS) is 17.1. The average Bonchev–Trinajstić information content (AvgIpc) is 2.28. The van der Waals surface area contributed by atoms with E-state index in [4.69, 9.17) is 0 Å². The second-order valence-electron chi connectivity index (χ2n) is 4.73. The molecule has 1 fully saturated rings. The summed E-state index contributed by atoms with van der Waals surface area (Å²) in [7, 11) is 0. The Morgan fingerprint density at radius 2 is 1.94 bits per heavy atom. The van der Waals surface area contributed by atoms with Crippen LogP contribution in [-0.4, -0.2) is 36.5 Å². The van der Waals surface area contributed by atoms with Gasteiger partial charge < -0.3 is 0 Å². The molecule has 2 rings (SSSR count). The largest absolute Gasteiger partial charge is 0.297 e. The van der Waals surface area contributed by atoms with Crippen LogP contribution in [0.1, 0.15) is 18.4 Å². The molecule has 0 amide bonds. The molecule has 0 radical (unpaired) electrons. The van der Waals surface area contributed by atoms with Crippen LogP contribution < -0.4 is 0 Å². The Hall–Kier alpha value is -0.540. The zero-order valence-electron chi connectivity index (χ0n) is 10.4. The van der Waals surface area contributed by atoms with Crippen LogP contribution in [-0.2, 0) is 0 Å². The van der Waals surface area contributed by atoms with Crippen LogP contribution in [0.4, 0.5) is 4.39 Å². The van der Waals surface area contributed by atoms with Crippen LogP contribution in [0.15, 0.2) is 29.2 Å². The van der Waals surface area contributed by atoms with Gasteiger partial charge in [-0.15, -0.1) is 11.8 Å². The Labute approximate surface area is 107 Å². The van der Waals surface area contributed by atoms with Crippen molar-refractivity contribution in [3.8, 4) is 0 Å². The first kappa shape index (κ1) is 12.9. The highest BCUT2D eigenvalue weighted by molar-refractivity contribution is 7.99. The maximum Gasteiger partial charge on any atom is 0.125 e. The Balaban J connectivity index is 1.52. The number of aryl methyl sites for hydroxylation is 1. The second-order valence-corrected chi connectivity index (χ2v) is 5.89. The summed E-state index contributed by atoms with van der Waals surface area (Å²) in [4.78, 5) is 3.55. The third-order valence-corrected chi connectivity index (χ3v) is 4.17. The topological polar surface area (TPSA) is 3.24 Å². The van der Waals surface area contributed by atoms with E-state index in [-0.39, 0.29) is 0 Å². The van der Waals surface area contributed by atoms with Crippen molar-refractivity contribution in [2.24, 2.45) is 0 Å². The van der Waals surface area contributed by atoms with E-state index in [1.807, 2.05) is 11.8 Å². The molecule has 1 aliphatic rings. The van der Waals surface area contributed by atoms with Crippen molar-refractivity contribution in [3.63, 3.8) is 0 Å². The molecule has 0 aliphatic carbocycles. The van der Waals surface area contributed by atoms with Gasteiger partial charge in [0, 0.05) is 18.0 Å². The number of benzene rings is 1. The summed E-state index contributed by atoms with van der Waals surface area (Å²) in [6, 6.07) is 8.68. The smallest absolute Gasteiger partial charge is 0.125 e. The molecule has 0 spiro atoms. The summed E-state index contributed by atoms with van der Waals surface area (Å²) in [6.45, 7) is 4.49. The number of thioether (sulfide) groups is 1. The van der Waals surface area contributed by atoms with Crippen molar-refractivity contribution >= 4 is 11.8 Å². The summed E-state index contributed by atoms with van der Waals surface area (Å²) in [5, 5.41) is 0. The average molecular weight is 253 g/mol. The molecule has 1 aliphatic heterocycles. The van der Waals surface area contributed by atoms with Crippen molar-refractivity contribution in [1.29, 1.82) is 0 Å². The molecule has 1 nitrogen and oxygen atoms in total. The fraction of sp³-hybridized carbons (Fsp3) is 0.571. The predicted molar refractivity (Wildman–Crippen MR) is 72.5 cm³/mol. The number of unbranched alkanes of at least 4 members (excludes halogenated alkanes) is 1. The molecule has 0 bridgehead atoms. The number of alkyl halides is 1. The van der Waals surface area contributed by atoms with Gasteiger partial charge in [0.2, 0.25) is 0 Å². The van der Waals surface area contributed by atoms with Crippen LogP contribution in [0, 0.1) is 6.92 Å². The highest BCUT2D eigenvalue weighted by Gasteiger charge is 2.24. The van der Waals surface area contributed by atoms with E-state index in [9.17, 15) is 4.39 Å². The third-order valence-electron chi connectivity index (χ3n) is 3.07. The molecule has 0 saturated carbocycles. The van der Waals surface area contributed by atoms with Crippen molar-refractivity contribution in [3.05, 3.63) is 29.8 Å². The molecule has 17 heavy (non-hydrogen) atoms. The van der Waals surface area contributed by atoms with Gasteiger partial charge in [-0.05, 0) is 44.2 Å². The third kappa shape index (κ3) is 4.32. The molecular weight excluding hydrogens is 233 g/mol. The quantitative estimate of drug-likeness (QED) is 0.564. The molecule has 3 heteroatoms. The molecule has 1 aromatic carbocycles. The minimum absolute atomic E-state index is 0.558. The van der Waals surface area contributed by atoms with Crippen molar-refractivity contribution in [1.82, 2.24) is 4.90 Å². The van der Waals surface area contributed by atoms with E-state index < -0.39 is 6.17 Å². The van der Waals surface area contributed by atoms with Crippen LogP contribution >= 0.6 is 11.8 Å². The van der Waals surface area contributed by atoms with Crippen LogP contribution in [0.2, 0.25) is 0 Å². The number of likely N-dealkylation sites (tertiary alicyclic amines) is 1.